The van der Waals surface area contributed by atoms with Gasteiger partial charge in [-0.1, -0.05) is 54.6 Å². The Morgan fingerprint density at radius 3 is 1.50 bits per heavy atom. The summed E-state index contributed by atoms with van der Waals surface area (Å²) in [5, 5.41) is 3.27. The van der Waals surface area contributed by atoms with Crippen LogP contribution >= 0.6 is 18.6 Å². The second-order valence-corrected chi connectivity index (χ2v) is 12.0. The fourth-order valence-corrected chi connectivity index (χ4v) is 10.3. The van der Waals surface area contributed by atoms with E-state index in [1.165, 1.54) is 18.4 Å². The number of Topliss-reactive ketones (excluding diaryl/α,β-unsaturated/α-hetero) is 1. The SMILES string of the molecule is COC(=O)C(c1ccc(C(C)=O)s1)[P+](c1ccccc1)(c1ccccc1)c1ccccc1. The van der Waals surface area contributed by atoms with Crippen molar-refractivity contribution in [1.29, 1.82) is 0 Å². The van der Waals surface area contributed by atoms with E-state index in [0.717, 1.165) is 20.8 Å². The Kier molecular flexibility index (Phi) is 6.64. The van der Waals surface area contributed by atoms with Gasteiger partial charge in [0, 0.05) is 0 Å². The minimum atomic E-state index is -2.55. The summed E-state index contributed by atoms with van der Waals surface area (Å²) in [6.07, 6.45) is 0. The van der Waals surface area contributed by atoms with Crippen LogP contribution in [0, 0.1) is 0 Å². The molecule has 4 rings (SSSR count). The molecule has 1 heterocycles. The molecule has 0 saturated carbocycles. The number of benzene rings is 3. The highest BCUT2D eigenvalue weighted by Crippen LogP contribution is 2.67. The summed E-state index contributed by atoms with van der Waals surface area (Å²) in [4.78, 5) is 27.1. The fraction of sp³-hybridized carbons (Fsp3) is 0.111. The summed E-state index contributed by atoms with van der Waals surface area (Å²) in [6.45, 7) is 1.55. The highest BCUT2D eigenvalue weighted by molar-refractivity contribution is 7.96. The molecule has 0 bridgehead atoms. The molecule has 0 spiro atoms. The van der Waals surface area contributed by atoms with Crippen LogP contribution in [0.15, 0.2) is 103 Å². The summed E-state index contributed by atoms with van der Waals surface area (Å²) in [7, 11) is -1.12. The van der Waals surface area contributed by atoms with Gasteiger partial charge < -0.3 is 4.74 Å². The van der Waals surface area contributed by atoms with Crippen molar-refractivity contribution in [3.8, 4) is 0 Å². The van der Waals surface area contributed by atoms with Crippen LogP contribution in [0.1, 0.15) is 27.1 Å². The number of carbonyl (C=O) groups excluding carboxylic acids is 2. The van der Waals surface area contributed by atoms with Crippen molar-refractivity contribution < 1.29 is 14.3 Å². The van der Waals surface area contributed by atoms with Gasteiger partial charge in [0.15, 0.2) is 5.78 Å². The first-order valence-electron chi connectivity index (χ1n) is 10.3. The zero-order valence-corrected chi connectivity index (χ0v) is 19.7. The fourth-order valence-electron chi connectivity index (χ4n) is 4.15. The van der Waals surface area contributed by atoms with Crippen molar-refractivity contribution in [2.45, 2.75) is 12.6 Å². The summed E-state index contributed by atoms with van der Waals surface area (Å²) >= 11 is 1.38. The van der Waals surface area contributed by atoms with Gasteiger partial charge in [-0.3, -0.25) is 4.79 Å². The highest BCUT2D eigenvalue weighted by atomic mass is 32.1. The number of rotatable bonds is 7. The van der Waals surface area contributed by atoms with Crippen LogP contribution in [0.5, 0.6) is 0 Å². The van der Waals surface area contributed by atoms with Crippen LogP contribution < -0.4 is 15.9 Å². The number of ether oxygens (including phenoxy) is 1. The molecule has 0 amide bonds. The molecule has 5 heteroatoms. The van der Waals surface area contributed by atoms with Gasteiger partial charge in [0.1, 0.15) is 23.2 Å². The first-order valence-corrected chi connectivity index (χ1v) is 13.0. The smallest absolute Gasteiger partial charge is 0.353 e. The molecule has 0 N–H and O–H groups in total. The molecule has 1 unspecified atom stereocenters. The molecule has 32 heavy (non-hydrogen) atoms. The van der Waals surface area contributed by atoms with Gasteiger partial charge in [-0.05, 0) is 55.5 Å². The van der Waals surface area contributed by atoms with Crippen LogP contribution in [-0.2, 0) is 9.53 Å². The van der Waals surface area contributed by atoms with E-state index in [1.54, 1.807) is 6.92 Å². The first kappa shape index (κ1) is 22.1. The first-order chi connectivity index (χ1) is 15.6. The molecule has 0 aliphatic rings. The Morgan fingerprint density at radius 2 is 1.16 bits per heavy atom. The van der Waals surface area contributed by atoms with Gasteiger partial charge in [0.05, 0.1) is 16.9 Å². The van der Waals surface area contributed by atoms with Crippen LogP contribution in [0.4, 0.5) is 0 Å². The predicted molar refractivity (Wildman–Crippen MR) is 134 cm³/mol. The Morgan fingerprint density at radius 1 is 0.719 bits per heavy atom. The molecular formula is C27H24O3PS+. The van der Waals surface area contributed by atoms with E-state index in [-0.39, 0.29) is 11.8 Å². The quantitative estimate of drug-likeness (QED) is 0.218. The highest BCUT2D eigenvalue weighted by Gasteiger charge is 2.57. The zero-order chi connectivity index (χ0) is 22.6. The van der Waals surface area contributed by atoms with E-state index in [1.807, 2.05) is 66.7 Å². The second kappa shape index (κ2) is 9.60. The van der Waals surface area contributed by atoms with Crippen molar-refractivity contribution in [2.24, 2.45) is 0 Å². The number of ketones is 1. The van der Waals surface area contributed by atoms with E-state index in [9.17, 15) is 9.59 Å². The van der Waals surface area contributed by atoms with E-state index >= 15 is 0 Å². The zero-order valence-electron chi connectivity index (χ0n) is 18.0. The molecule has 1 aromatic heterocycles. The summed E-state index contributed by atoms with van der Waals surface area (Å²) in [5.41, 5.74) is -0.571. The molecule has 0 aliphatic heterocycles. The lowest BCUT2D eigenvalue weighted by Crippen LogP contribution is -2.38. The molecule has 0 fully saturated rings. The maximum Gasteiger partial charge on any atom is 0.353 e. The molecule has 0 radical (unpaired) electrons. The third kappa shape index (κ3) is 3.92. The van der Waals surface area contributed by atoms with Crippen LogP contribution in [0.3, 0.4) is 0 Å². The largest absolute Gasteiger partial charge is 0.466 e. The molecule has 1 atom stereocenters. The molecular weight excluding hydrogens is 435 g/mol. The third-order valence-corrected chi connectivity index (χ3v) is 11.6. The number of esters is 1. The van der Waals surface area contributed by atoms with Crippen LogP contribution in [0.2, 0.25) is 0 Å². The Bertz CT molecular complexity index is 1110. The Hall–Kier alpha value is -3.07. The van der Waals surface area contributed by atoms with Crippen molar-refractivity contribution in [1.82, 2.24) is 0 Å². The minimum absolute atomic E-state index is 0.00654. The number of hydrogen-bond donors (Lipinski definition) is 0. The maximum atomic E-state index is 13.6. The summed E-state index contributed by atoms with van der Waals surface area (Å²) in [5.74, 6) is -0.306. The lowest BCUT2D eigenvalue weighted by atomic mass is 10.3. The monoisotopic (exact) mass is 459 g/mol. The van der Waals surface area contributed by atoms with E-state index < -0.39 is 12.9 Å². The van der Waals surface area contributed by atoms with Gasteiger partial charge in [0.2, 0.25) is 5.66 Å². The van der Waals surface area contributed by atoms with Crippen molar-refractivity contribution >= 4 is 46.3 Å². The van der Waals surface area contributed by atoms with Gasteiger partial charge >= 0.3 is 5.97 Å². The maximum absolute atomic E-state index is 13.6. The van der Waals surface area contributed by atoms with E-state index in [4.69, 9.17) is 4.74 Å². The lowest BCUT2D eigenvalue weighted by Gasteiger charge is -2.32. The molecule has 4 aromatic rings. The van der Waals surface area contributed by atoms with Gasteiger partial charge in [-0.25, -0.2) is 4.79 Å². The molecule has 3 aromatic carbocycles. The molecule has 0 aliphatic carbocycles. The summed E-state index contributed by atoms with van der Waals surface area (Å²) in [6, 6.07) is 34.4. The Balaban J connectivity index is 2.13. The van der Waals surface area contributed by atoms with Gasteiger partial charge in [0.25, 0.3) is 0 Å². The third-order valence-electron chi connectivity index (χ3n) is 5.55. The molecule has 160 valence electrons. The van der Waals surface area contributed by atoms with Gasteiger partial charge in [-0.15, -0.1) is 11.3 Å². The number of methoxy groups -OCH3 is 1. The van der Waals surface area contributed by atoms with E-state index in [2.05, 4.69) is 36.4 Å². The normalized spacial score (nSPS) is 12.2. The topological polar surface area (TPSA) is 43.4 Å². The average Bonchev–Trinajstić information content (AvgIpc) is 3.34. The van der Waals surface area contributed by atoms with Crippen LogP contribution in [-0.4, -0.2) is 18.9 Å². The lowest BCUT2D eigenvalue weighted by molar-refractivity contribution is -0.140. The Labute approximate surface area is 193 Å². The number of carbonyl (C=O) groups is 2. The average molecular weight is 460 g/mol. The van der Waals surface area contributed by atoms with E-state index in [0.29, 0.717) is 4.88 Å². The molecule has 3 nitrogen and oxygen atoms in total. The summed E-state index contributed by atoms with van der Waals surface area (Å²) < 4.78 is 5.42. The van der Waals surface area contributed by atoms with Gasteiger partial charge in [-0.2, -0.15) is 0 Å². The molecule has 0 saturated heterocycles. The number of thiophene rings is 1. The number of hydrogen-bond acceptors (Lipinski definition) is 4. The van der Waals surface area contributed by atoms with Crippen molar-refractivity contribution in [3.63, 3.8) is 0 Å². The minimum Gasteiger partial charge on any atom is -0.466 e. The van der Waals surface area contributed by atoms with Crippen molar-refractivity contribution in [3.05, 3.63) is 113 Å². The van der Waals surface area contributed by atoms with Crippen molar-refractivity contribution in [2.75, 3.05) is 7.11 Å². The second-order valence-electron chi connectivity index (χ2n) is 7.41. The standard InChI is InChI=1S/C27H24O3PS/c1-20(28)24-18-19-25(32-24)26(27(29)30-2)31(21-12-6-3-7-13-21,22-14-8-4-9-15-22)23-16-10-5-11-17-23/h3-19,26H,1-2H3/q+1. The van der Waals surface area contributed by atoms with Crippen LogP contribution in [0.25, 0.3) is 0 Å². The predicted octanol–water partition coefficient (Wildman–Crippen LogP) is 5.16.